The molecule has 0 aromatic heterocycles. The molecule has 0 radical (unpaired) electrons. The fourth-order valence-corrected chi connectivity index (χ4v) is 2.33. The number of anilines is 1. The maximum atomic E-state index is 12.1. The van der Waals surface area contributed by atoms with Gasteiger partial charge in [-0.2, -0.15) is 0 Å². The number of rotatable bonds is 7. The summed E-state index contributed by atoms with van der Waals surface area (Å²) >= 11 is 0. The summed E-state index contributed by atoms with van der Waals surface area (Å²) in [5.41, 5.74) is 0.404. The molecule has 2 aromatic carbocycles. The molecule has 0 aliphatic carbocycles. The molecule has 0 fully saturated rings. The minimum Gasteiger partial charge on any atom is -0.497 e. The predicted octanol–water partition coefficient (Wildman–Crippen LogP) is 2.72. The average molecular weight is 374 g/mol. The van der Waals surface area contributed by atoms with Gasteiger partial charge in [0.15, 0.2) is 6.61 Å². The number of nitro benzene ring substituents is 1. The van der Waals surface area contributed by atoms with Crippen LogP contribution in [0.2, 0.25) is 0 Å². The number of amides is 1. The van der Waals surface area contributed by atoms with Crippen molar-refractivity contribution in [3.8, 4) is 11.5 Å². The molecule has 0 aliphatic heterocycles. The summed E-state index contributed by atoms with van der Waals surface area (Å²) in [7, 11) is 2.95. The highest BCUT2D eigenvalue weighted by Gasteiger charge is 2.19. The quantitative estimate of drug-likeness (QED) is 0.450. The van der Waals surface area contributed by atoms with E-state index in [2.05, 4.69) is 5.32 Å². The van der Waals surface area contributed by atoms with Gasteiger partial charge in [0.2, 0.25) is 0 Å². The minimum atomic E-state index is -0.824. The largest absolute Gasteiger partial charge is 0.497 e. The molecule has 2 rings (SSSR count). The van der Waals surface area contributed by atoms with Crippen molar-refractivity contribution in [2.45, 2.75) is 6.92 Å². The van der Waals surface area contributed by atoms with Crippen LogP contribution in [-0.4, -0.2) is 37.6 Å². The number of nitrogens with one attached hydrogen (secondary N) is 1. The molecule has 0 atom stereocenters. The molecule has 9 heteroatoms. The number of nitrogens with zero attached hydrogens (tertiary/aromatic N) is 1. The summed E-state index contributed by atoms with van der Waals surface area (Å²) < 4.78 is 15.2. The minimum absolute atomic E-state index is 0.0278. The summed E-state index contributed by atoms with van der Waals surface area (Å²) in [6.07, 6.45) is 0. The van der Waals surface area contributed by atoms with Crippen LogP contribution in [0.25, 0.3) is 0 Å². The highest BCUT2D eigenvalue weighted by Crippen LogP contribution is 2.26. The van der Waals surface area contributed by atoms with Gasteiger partial charge < -0.3 is 19.5 Å². The molecule has 1 amide bonds. The van der Waals surface area contributed by atoms with Gasteiger partial charge in [-0.15, -0.1) is 0 Å². The first kappa shape index (κ1) is 19.7. The Labute approximate surface area is 155 Å². The third-order valence-corrected chi connectivity index (χ3v) is 3.69. The van der Waals surface area contributed by atoms with Crippen molar-refractivity contribution in [3.63, 3.8) is 0 Å². The number of methoxy groups -OCH3 is 2. The van der Waals surface area contributed by atoms with Crippen molar-refractivity contribution < 1.29 is 28.7 Å². The van der Waals surface area contributed by atoms with Crippen molar-refractivity contribution in [1.82, 2.24) is 0 Å². The van der Waals surface area contributed by atoms with E-state index < -0.39 is 23.4 Å². The van der Waals surface area contributed by atoms with Crippen molar-refractivity contribution >= 4 is 23.3 Å². The Kier molecular flexibility index (Phi) is 6.32. The van der Waals surface area contributed by atoms with Crippen LogP contribution in [0.1, 0.15) is 15.9 Å². The van der Waals surface area contributed by atoms with E-state index in [1.165, 1.54) is 39.3 Å². The third kappa shape index (κ3) is 4.94. The topological polar surface area (TPSA) is 117 Å². The van der Waals surface area contributed by atoms with E-state index in [0.29, 0.717) is 17.2 Å². The summed E-state index contributed by atoms with van der Waals surface area (Å²) in [5.74, 6) is -0.445. The van der Waals surface area contributed by atoms with E-state index in [0.717, 1.165) is 0 Å². The molecule has 0 heterocycles. The molecule has 0 saturated carbocycles. The molecular weight excluding hydrogens is 356 g/mol. The van der Waals surface area contributed by atoms with E-state index in [-0.39, 0.29) is 16.8 Å². The zero-order chi connectivity index (χ0) is 20.0. The van der Waals surface area contributed by atoms with Crippen LogP contribution in [0.3, 0.4) is 0 Å². The van der Waals surface area contributed by atoms with Gasteiger partial charge in [-0.1, -0.05) is 6.07 Å². The first-order chi connectivity index (χ1) is 12.8. The highest BCUT2D eigenvalue weighted by molar-refractivity contribution is 5.96. The van der Waals surface area contributed by atoms with E-state index in [9.17, 15) is 19.7 Å². The maximum Gasteiger partial charge on any atom is 0.339 e. The molecule has 0 aliphatic rings. The van der Waals surface area contributed by atoms with Gasteiger partial charge in [0, 0.05) is 35.5 Å². The monoisotopic (exact) mass is 374 g/mol. The molecule has 2 aromatic rings. The summed E-state index contributed by atoms with van der Waals surface area (Å²) in [6.45, 7) is 0.887. The number of carbonyl (C=O) groups excluding carboxylic acids is 2. The highest BCUT2D eigenvalue weighted by atomic mass is 16.6. The van der Waals surface area contributed by atoms with Crippen LogP contribution < -0.4 is 14.8 Å². The fourth-order valence-electron chi connectivity index (χ4n) is 2.33. The lowest BCUT2D eigenvalue weighted by Gasteiger charge is -2.10. The Morgan fingerprint density at radius 1 is 1.11 bits per heavy atom. The second-order valence-electron chi connectivity index (χ2n) is 5.43. The lowest BCUT2D eigenvalue weighted by Crippen LogP contribution is -2.21. The number of esters is 1. The number of ether oxygens (including phenoxy) is 3. The Balaban J connectivity index is 2.03. The van der Waals surface area contributed by atoms with Crippen molar-refractivity contribution in [3.05, 3.63) is 57.6 Å². The van der Waals surface area contributed by atoms with Crippen LogP contribution in [0, 0.1) is 17.0 Å². The van der Waals surface area contributed by atoms with Gasteiger partial charge in [0.1, 0.15) is 11.5 Å². The van der Waals surface area contributed by atoms with Crippen LogP contribution >= 0.6 is 0 Å². The zero-order valence-corrected chi connectivity index (χ0v) is 15.0. The third-order valence-electron chi connectivity index (χ3n) is 3.69. The average Bonchev–Trinajstić information content (AvgIpc) is 2.65. The van der Waals surface area contributed by atoms with Crippen molar-refractivity contribution in [1.29, 1.82) is 0 Å². The van der Waals surface area contributed by atoms with Crippen molar-refractivity contribution in [2.75, 3.05) is 26.1 Å². The molecule has 27 heavy (non-hydrogen) atoms. The Morgan fingerprint density at radius 2 is 1.74 bits per heavy atom. The number of hydrogen-bond donors (Lipinski definition) is 1. The lowest BCUT2D eigenvalue weighted by atomic mass is 10.1. The Morgan fingerprint density at radius 3 is 2.30 bits per heavy atom. The van der Waals surface area contributed by atoms with Crippen LogP contribution in [0.4, 0.5) is 11.4 Å². The van der Waals surface area contributed by atoms with Gasteiger partial charge in [-0.05, 0) is 13.0 Å². The second-order valence-corrected chi connectivity index (χ2v) is 5.43. The van der Waals surface area contributed by atoms with Crippen LogP contribution in [0.5, 0.6) is 11.5 Å². The van der Waals surface area contributed by atoms with Gasteiger partial charge in [-0.3, -0.25) is 14.9 Å². The fraction of sp³-hybridized carbons (Fsp3) is 0.222. The van der Waals surface area contributed by atoms with Crippen LogP contribution in [0.15, 0.2) is 36.4 Å². The van der Waals surface area contributed by atoms with Crippen LogP contribution in [-0.2, 0) is 9.53 Å². The zero-order valence-electron chi connectivity index (χ0n) is 15.0. The molecule has 0 spiro atoms. The number of benzene rings is 2. The number of nitro groups is 1. The predicted molar refractivity (Wildman–Crippen MR) is 96.3 cm³/mol. The maximum absolute atomic E-state index is 12.1. The Hall–Kier alpha value is -3.62. The number of hydrogen-bond acceptors (Lipinski definition) is 7. The second kappa shape index (κ2) is 8.65. The van der Waals surface area contributed by atoms with Gasteiger partial charge >= 0.3 is 5.97 Å². The molecule has 1 N–H and O–H groups in total. The molecular formula is C18H18N2O7. The van der Waals surface area contributed by atoms with Gasteiger partial charge in [0.05, 0.1) is 24.7 Å². The number of carbonyl (C=O) groups is 2. The SMILES string of the molecule is COc1cc(NC(=O)COC(=O)c2cccc([N+](=O)[O-])c2C)cc(OC)c1. The smallest absolute Gasteiger partial charge is 0.339 e. The van der Waals surface area contributed by atoms with E-state index in [1.807, 2.05) is 0 Å². The van der Waals surface area contributed by atoms with E-state index in [4.69, 9.17) is 14.2 Å². The first-order valence-corrected chi connectivity index (χ1v) is 7.79. The normalized spacial score (nSPS) is 10.0. The summed E-state index contributed by atoms with van der Waals surface area (Å²) in [6, 6.07) is 8.86. The van der Waals surface area contributed by atoms with Gasteiger partial charge in [-0.25, -0.2) is 4.79 Å². The summed E-state index contributed by atoms with van der Waals surface area (Å²) in [5, 5.41) is 13.5. The molecule has 0 bridgehead atoms. The van der Waals surface area contributed by atoms with E-state index in [1.54, 1.807) is 18.2 Å². The molecule has 0 unspecified atom stereocenters. The Bertz CT molecular complexity index is 858. The first-order valence-electron chi connectivity index (χ1n) is 7.79. The standard InChI is InChI=1S/C18H18N2O7/c1-11-15(5-4-6-16(11)20(23)24)18(22)27-10-17(21)19-12-7-13(25-2)9-14(8-12)26-3/h4-9H,10H2,1-3H3,(H,19,21). The van der Waals surface area contributed by atoms with E-state index >= 15 is 0 Å². The summed E-state index contributed by atoms with van der Waals surface area (Å²) in [4.78, 5) is 34.5. The molecule has 9 nitrogen and oxygen atoms in total. The van der Waals surface area contributed by atoms with Gasteiger partial charge in [0.25, 0.3) is 11.6 Å². The lowest BCUT2D eigenvalue weighted by molar-refractivity contribution is -0.385. The van der Waals surface area contributed by atoms with Crippen molar-refractivity contribution in [2.24, 2.45) is 0 Å². The molecule has 142 valence electrons. The molecule has 0 saturated heterocycles.